The van der Waals surface area contributed by atoms with Crippen LogP contribution >= 0.6 is 22.3 Å². The molecular formula is C36H53Cl2N9O6S2. The predicted octanol–water partition coefficient (Wildman–Crippen LogP) is 4.45. The van der Waals surface area contributed by atoms with Gasteiger partial charge in [-0.25, -0.2) is 36.8 Å². The number of benzene rings is 2. The highest BCUT2D eigenvalue weighted by Gasteiger charge is 2.29. The summed E-state index contributed by atoms with van der Waals surface area (Å²) in [5.74, 6) is 0.0447. The molecule has 0 unspecified atom stereocenters. The van der Waals surface area contributed by atoms with Gasteiger partial charge in [-0.1, -0.05) is 39.1 Å². The van der Waals surface area contributed by atoms with E-state index < -0.39 is 30.3 Å². The van der Waals surface area contributed by atoms with Gasteiger partial charge in [0, 0.05) is 74.4 Å². The van der Waals surface area contributed by atoms with Crippen molar-refractivity contribution in [1.29, 1.82) is 0 Å². The fraction of sp³-hybridized carbons (Fsp3) is 0.444. The van der Waals surface area contributed by atoms with Crippen molar-refractivity contribution in [2.75, 3.05) is 67.9 Å². The molecule has 6 rings (SSSR count). The van der Waals surface area contributed by atoms with Crippen LogP contribution in [0.15, 0.2) is 83.1 Å². The van der Waals surface area contributed by atoms with Gasteiger partial charge in [-0.3, -0.25) is 0 Å². The minimum Gasteiger partial charge on any atom is -0.386 e. The van der Waals surface area contributed by atoms with E-state index in [-0.39, 0.29) is 35.9 Å². The molecule has 304 valence electrons. The van der Waals surface area contributed by atoms with E-state index >= 15 is 0 Å². The lowest BCUT2D eigenvalue weighted by Gasteiger charge is -2.35. The average Bonchev–Trinajstić information content (AvgIpc) is 3.12. The van der Waals surface area contributed by atoms with E-state index in [1.54, 1.807) is 13.8 Å². The van der Waals surface area contributed by atoms with Gasteiger partial charge in [-0.2, -0.15) is 4.31 Å². The molecule has 2 aliphatic heterocycles. The van der Waals surface area contributed by atoms with E-state index in [0.717, 1.165) is 55.4 Å². The maximum Gasteiger partial charge on any atom is 0.264 e. The molecule has 0 atom stereocenters. The van der Waals surface area contributed by atoms with Crippen LogP contribution in [0, 0.1) is 0 Å². The molecule has 2 aromatic heterocycles. The minimum absolute atomic E-state index is 0. The summed E-state index contributed by atoms with van der Waals surface area (Å²) in [7, 11) is -2.39. The molecule has 0 amide bonds. The Kier molecular flexibility index (Phi) is 17.2. The zero-order valence-corrected chi connectivity index (χ0v) is 33.0. The molecular weight excluding hydrogens is 789 g/mol. The molecule has 0 bridgehead atoms. The van der Waals surface area contributed by atoms with E-state index in [4.69, 9.17) is 28.0 Å². The summed E-state index contributed by atoms with van der Waals surface area (Å²) in [5, 5.41) is 23.2. The van der Waals surface area contributed by atoms with Gasteiger partial charge in [0.2, 0.25) is 21.3 Å². The van der Waals surface area contributed by atoms with Crippen LogP contribution in [-0.2, 0) is 30.3 Å². The monoisotopic (exact) mass is 841 g/mol. The summed E-state index contributed by atoms with van der Waals surface area (Å²) in [6.07, 6.45) is 4.55. The van der Waals surface area contributed by atoms with Crippen LogP contribution in [0.25, 0.3) is 0 Å². The summed E-state index contributed by atoms with van der Waals surface area (Å²) in [4.78, 5) is 18.8. The quantitative estimate of drug-likeness (QED) is 0.150. The number of nitrogens with one attached hydrogen (secondary N) is 1. The smallest absolute Gasteiger partial charge is 0.264 e. The Bertz CT molecular complexity index is 1980. The van der Waals surface area contributed by atoms with E-state index in [9.17, 15) is 27.0 Å². The number of sulfonamides is 1. The number of piperazine rings is 2. The second kappa shape index (κ2) is 20.0. The Morgan fingerprint density at radius 1 is 0.655 bits per heavy atom. The summed E-state index contributed by atoms with van der Waals surface area (Å²) in [6, 6.07) is 15.9. The number of aromatic nitrogens is 4. The number of anilines is 3. The second-order valence-corrected chi connectivity index (χ2v) is 18.1. The van der Waals surface area contributed by atoms with Crippen molar-refractivity contribution in [1.82, 2.24) is 29.6 Å². The number of nitrogens with zero attached hydrogens (tertiary/aromatic N) is 7. The van der Waals surface area contributed by atoms with Crippen LogP contribution in [0.4, 0.5) is 17.3 Å². The summed E-state index contributed by atoms with van der Waals surface area (Å²) in [5.41, 5.74) is 7.84. The van der Waals surface area contributed by atoms with Crippen molar-refractivity contribution >= 4 is 58.7 Å². The van der Waals surface area contributed by atoms with Gasteiger partial charge in [0.1, 0.15) is 9.79 Å². The Morgan fingerprint density at radius 3 is 1.42 bits per heavy atom. The predicted molar refractivity (Wildman–Crippen MR) is 219 cm³/mol. The average molecular weight is 843 g/mol. The van der Waals surface area contributed by atoms with Gasteiger partial charge < -0.3 is 31.1 Å². The standard InChI is InChI=1S/C17H23N5O3S.C13H20N2O.C4H2Cl2N2O2S.2CH4/c1-17(2,23)13-3-5-14(6-4-13)21-7-9-22(10-8-21)26(24,25)15-11-19-16(18)20-12-15;1-13(2,16)11-3-5-12(6-4-11)15-9-7-14-8-10-15;5-4-7-1-3(2-8-4)11(6,9)10;;/h3-6,11-12,23H,7-10H2,1-2H3,(H2,18,19,20);3-6,14,16H,7-10H2,1-2H3;1-2H;2*1H4. The number of hydrogen-bond donors (Lipinski definition) is 4. The third-order valence-corrected chi connectivity index (χ3v) is 11.8. The third-order valence-electron chi connectivity index (χ3n) is 8.40. The van der Waals surface area contributed by atoms with Crippen LogP contribution in [-0.4, -0.2) is 104 Å². The van der Waals surface area contributed by atoms with Gasteiger partial charge >= 0.3 is 0 Å². The first-order chi connectivity index (χ1) is 24.7. The lowest BCUT2D eigenvalue weighted by atomic mass is 9.98. The van der Waals surface area contributed by atoms with Crippen LogP contribution in [0.5, 0.6) is 0 Å². The van der Waals surface area contributed by atoms with Crippen LogP contribution in [0.1, 0.15) is 53.7 Å². The maximum atomic E-state index is 12.7. The molecule has 0 aliphatic carbocycles. The van der Waals surface area contributed by atoms with E-state index in [1.165, 1.54) is 22.4 Å². The number of hydrogen-bond acceptors (Lipinski definition) is 14. The number of halogens is 2. The molecule has 4 aromatic rings. The molecule has 0 spiro atoms. The summed E-state index contributed by atoms with van der Waals surface area (Å²) >= 11 is 5.30. The summed E-state index contributed by atoms with van der Waals surface area (Å²) < 4.78 is 47.9. The zero-order valence-electron chi connectivity index (χ0n) is 29.9. The molecule has 5 N–H and O–H groups in total. The Hall–Kier alpha value is -3.68. The first kappa shape index (κ1) is 47.5. The normalized spacial score (nSPS) is 15.3. The molecule has 2 fully saturated rings. The fourth-order valence-electron chi connectivity index (χ4n) is 5.30. The lowest BCUT2D eigenvalue weighted by molar-refractivity contribution is 0.0780. The SMILES string of the molecule is C.C.CC(C)(O)c1ccc(N2CCN(S(=O)(=O)c3cnc(N)nc3)CC2)cc1.CC(C)(O)c1ccc(N2CCNCC2)cc1.O=S(=O)(Cl)c1cnc(Cl)nc1. The second-order valence-electron chi connectivity index (χ2n) is 13.2. The van der Waals surface area contributed by atoms with Crippen LogP contribution in [0.3, 0.4) is 0 Å². The van der Waals surface area contributed by atoms with Crippen LogP contribution in [0.2, 0.25) is 5.28 Å². The van der Waals surface area contributed by atoms with E-state index in [0.29, 0.717) is 26.2 Å². The molecule has 15 nitrogen and oxygen atoms in total. The van der Waals surface area contributed by atoms with E-state index in [2.05, 4.69) is 47.2 Å². The Morgan fingerprint density at radius 2 is 1.04 bits per heavy atom. The highest BCUT2D eigenvalue weighted by molar-refractivity contribution is 8.13. The molecule has 0 radical (unpaired) electrons. The number of nitrogen functional groups attached to an aromatic ring is 1. The third kappa shape index (κ3) is 13.8. The molecule has 2 saturated heterocycles. The van der Waals surface area contributed by atoms with Crippen molar-refractivity contribution in [3.05, 3.63) is 89.7 Å². The molecule has 0 saturated carbocycles. The van der Waals surface area contributed by atoms with Gasteiger partial charge in [-0.05, 0) is 74.7 Å². The maximum absolute atomic E-state index is 12.7. The molecule has 4 heterocycles. The van der Waals surface area contributed by atoms with Crippen molar-refractivity contribution in [2.45, 2.75) is 63.5 Å². The Balaban J connectivity index is 0.000000308. The van der Waals surface area contributed by atoms with Gasteiger partial charge in [0.05, 0.1) is 36.0 Å². The molecule has 19 heteroatoms. The molecule has 2 aromatic carbocycles. The van der Waals surface area contributed by atoms with Gasteiger partial charge in [0.15, 0.2) is 0 Å². The fourth-order valence-corrected chi connectivity index (χ4v) is 7.31. The Labute approximate surface area is 335 Å². The first-order valence-corrected chi connectivity index (χ1v) is 20.7. The number of rotatable bonds is 7. The van der Waals surface area contributed by atoms with Crippen molar-refractivity contribution in [3.63, 3.8) is 0 Å². The van der Waals surface area contributed by atoms with Gasteiger partial charge in [-0.15, -0.1) is 0 Å². The highest BCUT2D eigenvalue weighted by Crippen LogP contribution is 2.26. The first-order valence-electron chi connectivity index (χ1n) is 16.6. The molecule has 55 heavy (non-hydrogen) atoms. The van der Waals surface area contributed by atoms with Gasteiger partial charge in [0.25, 0.3) is 9.05 Å². The zero-order chi connectivity index (χ0) is 39.0. The van der Waals surface area contributed by atoms with Crippen molar-refractivity contribution < 1.29 is 27.0 Å². The topological polar surface area (TPSA) is 208 Å². The number of aliphatic hydroxyl groups is 2. The summed E-state index contributed by atoms with van der Waals surface area (Å²) in [6.45, 7) is 13.2. The molecule has 2 aliphatic rings. The minimum atomic E-state index is -3.73. The lowest BCUT2D eigenvalue weighted by Crippen LogP contribution is -2.48. The largest absolute Gasteiger partial charge is 0.386 e. The van der Waals surface area contributed by atoms with Crippen molar-refractivity contribution in [3.8, 4) is 0 Å². The van der Waals surface area contributed by atoms with Crippen molar-refractivity contribution in [2.24, 2.45) is 0 Å². The van der Waals surface area contributed by atoms with Crippen LogP contribution < -0.4 is 20.9 Å². The van der Waals surface area contributed by atoms with E-state index in [1.807, 2.05) is 50.2 Å². The number of nitrogens with two attached hydrogens (primary N) is 1. The highest BCUT2D eigenvalue weighted by atomic mass is 35.7.